The Morgan fingerprint density at radius 3 is 2.75 bits per heavy atom. The zero-order valence-electron chi connectivity index (χ0n) is 18.8. The molecule has 0 aliphatic carbocycles. The minimum Gasteiger partial charge on any atom is -0.483 e. The summed E-state index contributed by atoms with van der Waals surface area (Å²) in [7, 11) is 3.21. The van der Waals surface area contributed by atoms with Crippen molar-refractivity contribution in [2.75, 3.05) is 18.6 Å². The summed E-state index contributed by atoms with van der Waals surface area (Å²) in [6.07, 6.45) is 3.47. The fourth-order valence-corrected chi connectivity index (χ4v) is 4.19. The summed E-state index contributed by atoms with van der Waals surface area (Å²) in [5, 5.41) is 4.43. The number of ether oxygens (including phenoxy) is 2. The second-order valence-electron chi connectivity index (χ2n) is 7.90. The van der Waals surface area contributed by atoms with Crippen molar-refractivity contribution < 1.29 is 23.5 Å². The highest BCUT2D eigenvalue weighted by Crippen LogP contribution is 2.37. The minimum atomic E-state index is -0.480. The molecule has 32 heavy (non-hydrogen) atoms. The number of para-hydroxylation sites is 1. The summed E-state index contributed by atoms with van der Waals surface area (Å²) in [6.45, 7) is 4.58. The van der Waals surface area contributed by atoms with Gasteiger partial charge in [-0.25, -0.2) is 4.79 Å². The van der Waals surface area contributed by atoms with Gasteiger partial charge in [0.15, 0.2) is 5.76 Å². The highest BCUT2D eigenvalue weighted by molar-refractivity contribution is 5.97. The Bertz CT molecular complexity index is 1160. The van der Waals surface area contributed by atoms with Gasteiger partial charge in [-0.2, -0.15) is 5.10 Å². The van der Waals surface area contributed by atoms with E-state index in [1.807, 2.05) is 44.0 Å². The van der Waals surface area contributed by atoms with Gasteiger partial charge in [-0.3, -0.25) is 9.48 Å². The number of fused-ring (bicyclic) bond motifs is 1. The van der Waals surface area contributed by atoms with E-state index in [0.29, 0.717) is 23.6 Å². The average Bonchev–Trinajstić information content (AvgIpc) is 3.36. The van der Waals surface area contributed by atoms with Gasteiger partial charge in [0.1, 0.15) is 17.9 Å². The third-order valence-corrected chi connectivity index (χ3v) is 5.98. The fraction of sp³-hybridized carbons (Fsp3) is 0.375. The van der Waals surface area contributed by atoms with Crippen molar-refractivity contribution in [3.05, 3.63) is 64.4 Å². The molecule has 3 heterocycles. The first-order valence-corrected chi connectivity index (χ1v) is 10.6. The Morgan fingerprint density at radius 1 is 1.22 bits per heavy atom. The van der Waals surface area contributed by atoms with Crippen LogP contribution in [0.1, 0.15) is 45.1 Å². The van der Waals surface area contributed by atoms with Crippen molar-refractivity contribution in [1.82, 2.24) is 9.78 Å². The quantitative estimate of drug-likeness (QED) is 0.549. The van der Waals surface area contributed by atoms with Crippen LogP contribution in [0.15, 0.2) is 34.9 Å². The van der Waals surface area contributed by atoms with Gasteiger partial charge in [-0.05, 0) is 44.4 Å². The Labute approximate surface area is 186 Å². The van der Waals surface area contributed by atoms with Crippen LogP contribution < -0.4 is 9.64 Å². The molecular weight excluding hydrogens is 410 g/mol. The summed E-state index contributed by atoms with van der Waals surface area (Å²) < 4.78 is 18.1. The van der Waals surface area contributed by atoms with Crippen molar-refractivity contribution in [2.45, 2.75) is 39.7 Å². The highest BCUT2D eigenvalue weighted by Gasteiger charge is 2.28. The third kappa shape index (κ3) is 4.00. The van der Waals surface area contributed by atoms with Crippen LogP contribution in [-0.4, -0.2) is 35.3 Å². The molecule has 0 spiro atoms. The van der Waals surface area contributed by atoms with E-state index in [-0.39, 0.29) is 18.9 Å². The number of aromatic nitrogens is 2. The van der Waals surface area contributed by atoms with Crippen LogP contribution >= 0.6 is 0 Å². The van der Waals surface area contributed by atoms with Crippen LogP contribution in [0.5, 0.6) is 5.75 Å². The predicted molar refractivity (Wildman–Crippen MR) is 118 cm³/mol. The van der Waals surface area contributed by atoms with Gasteiger partial charge in [-0.1, -0.05) is 12.1 Å². The van der Waals surface area contributed by atoms with E-state index < -0.39 is 5.97 Å². The number of methoxy groups -OCH3 is 1. The van der Waals surface area contributed by atoms with E-state index in [1.54, 1.807) is 10.7 Å². The van der Waals surface area contributed by atoms with E-state index in [0.717, 1.165) is 41.0 Å². The summed E-state index contributed by atoms with van der Waals surface area (Å²) in [4.78, 5) is 27.1. The SMILES string of the molecule is COC(=O)c1ccoc1COc1cccc2c1N(C(=O)Cc1c(C)nn(C)c1C)CCC2. The van der Waals surface area contributed by atoms with Crippen LogP contribution in [0.4, 0.5) is 5.69 Å². The van der Waals surface area contributed by atoms with Crippen LogP contribution in [0.25, 0.3) is 0 Å². The maximum Gasteiger partial charge on any atom is 0.341 e. The monoisotopic (exact) mass is 437 g/mol. The van der Waals surface area contributed by atoms with Crippen molar-refractivity contribution in [2.24, 2.45) is 7.05 Å². The number of furan rings is 1. The van der Waals surface area contributed by atoms with Crippen molar-refractivity contribution >= 4 is 17.6 Å². The molecule has 0 radical (unpaired) electrons. The molecule has 1 aromatic carbocycles. The number of rotatable bonds is 6. The number of aryl methyl sites for hydroxylation is 3. The van der Waals surface area contributed by atoms with E-state index in [2.05, 4.69) is 5.10 Å². The zero-order chi connectivity index (χ0) is 22.8. The summed E-state index contributed by atoms with van der Waals surface area (Å²) in [6, 6.07) is 7.33. The summed E-state index contributed by atoms with van der Waals surface area (Å²) >= 11 is 0. The van der Waals surface area contributed by atoms with Crippen molar-refractivity contribution in [1.29, 1.82) is 0 Å². The second kappa shape index (κ2) is 8.90. The van der Waals surface area contributed by atoms with Crippen LogP contribution in [0, 0.1) is 13.8 Å². The van der Waals surface area contributed by atoms with Gasteiger partial charge in [0.05, 0.1) is 31.2 Å². The van der Waals surface area contributed by atoms with Crippen molar-refractivity contribution in [3.8, 4) is 5.75 Å². The second-order valence-corrected chi connectivity index (χ2v) is 7.90. The number of benzene rings is 1. The smallest absolute Gasteiger partial charge is 0.341 e. The molecule has 0 fully saturated rings. The molecule has 8 heteroatoms. The van der Waals surface area contributed by atoms with Gasteiger partial charge in [-0.15, -0.1) is 0 Å². The first-order valence-electron chi connectivity index (χ1n) is 10.6. The number of esters is 1. The van der Waals surface area contributed by atoms with Crippen LogP contribution in [0.2, 0.25) is 0 Å². The van der Waals surface area contributed by atoms with Crippen LogP contribution in [0.3, 0.4) is 0 Å². The molecule has 0 bridgehead atoms. The normalized spacial score (nSPS) is 13.1. The Balaban J connectivity index is 1.59. The fourth-order valence-electron chi connectivity index (χ4n) is 4.19. The molecule has 2 aromatic heterocycles. The molecular formula is C24H27N3O5. The van der Waals surface area contributed by atoms with Gasteiger partial charge >= 0.3 is 5.97 Å². The largest absolute Gasteiger partial charge is 0.483 e. The number of anilines is 1. The lowest BCUT2D eigenvalue weighted by atomic mass is 9.99. The number of hydrogen-bond donors (Lipinski definition) is 0. The Kier molecular flexibility index (Phi) is 6.03. The molecule has 0 saturated heterocycles. The van der Waals surface area contributed by atoms with Crippen molar-refractivity contribution in [3.63, 3.8) is 0 Å². The van der Waals surface area contributed by atoms with Gasteiger partial charge < -0.3 is 18.8 Å². The Hall–Kier alpha value is -3.55. The summed E-state index contributed by atoms with van der Waals surface area (Å²) in [5.74, 6) is 0.494. The highest BCUT2D eigenvalue weighted by atomic mass is 16.5. The molecule has 4 rings (SSSR count). The van der Waals surface area contributed by atoms with E-state index in [9.17, 15) is 9.59 Å². The number of hydrogen-bond acceptors (Lipinski definition) is 6. The van der Waals surface area contributed by atoms with Crippen LogP contribution in [-0.2, 0) is 36.0 Å². The molecule has 1 aliphatic heterocycles. The minimum absolute atomic E-state index is 0.00875. The zero-order valence-corrected chi connectivity index (χ0v) is 18.8. The molecule has 1 aliphatic rings. The first kappa shape index (κ1) is 21.7. The lowest BCUT2D eigenvalue weighted by Gasteiger charge is -2.31. The third-order valence-electron chi connectivity index (χ3n) is 5.98. The standard InChI is InChI=1S/C24H27N3O5/c1-15-19(16(2)26(3)25-15)13-22(28)27-11-6-8-17-7-5-9-20(23(17)27)32-14-21-18(10-12-31-21)24(29)30-4/h5,7,9-10,12H,6,8,11,13-14H2,1-4H3. The van der Waals surface area contributed by atoms with Gasteiger partial charge in [0, 0.05) is 24.8 Å². The molecule has 8 nitrogen and oxygen atoms in total. The molecule has 1 amide bonds. The number of amides is 1. The molecule has 0 saturated carbocycles. The maximum atomic E-state index is 13.4. The lowest BCUT2D eigenvalue weighted by Crippen LogP contribution is -2.37. The van der Waals surface area contributed by atoms with Gasteiger partial charge in [0.2, 0.25) is 5.91 Å². The molecule has 0 N–H and O–H groups in total. The van der Waals surface area contributed by atoms with E-state index >= 15 is 0 Å². The summed E-state index contributed by atoms with van der Waals surface area (Å²) in [5.41, 5.74) is 5.00. The molecule has 0 atom stereocenters. The number of carbonyl (C=O) groups is 2. The first-order chi connectivity index (χ1) is 15.4. The predicted octanol–water partition coefficient (Wildman–Crippen LogP) is 3.52. The topological polar surface area (TPSA) is 86.8 Å². The Morgan fingerprint density at radius 2 is 2.03 bits per heavy atom. The average molecular weight is 437 g/mol. The molecule has 168 valence electrons. The lowest BCUT2D eigenvalue weighted by molar-refractivity contribution is -0.118. The van der Waals surface area contributed by atoms with Gasteiger partial charge in [0.25, 0.3) is 0 Å². The number of carbonyl (C=O) groups excluding carboxylic acids is 2. The number of nitrogens with zero attached hydrogens (tertiary/aromatic N) is 3. The van der Waals surface area contributed by atoms with E-state index in [1.165, 1.54) is 13.4 Å². The molecule has 3 aromatic rings. The molecule has 0 unspecified atom stereocenters. The maximum absolute atomic E-state index is 13.4. The van der Waals surface area contributed by atoms with E-state index in [4.69, 9.17) is 13.9 Å².